The Morgan fingerprint density at radius 1 is 1.14 bits per heavy atom. The summed E-state index contributed by atoms with van der Waals surface area (Å²) in [6, 6.07) is 6.51. The van der Waals surface area contributed by atoms with Gasteiger partial charge in [0.15, 0.2) is 0 Å². The van der Waals surface area contributed by atoms with Crippen LogP contribution in [-0.4, -0.2) is 7.11 Å². The van der Waals surface area contributed by atoms with Gasteiger partial charge in [-0.1, -0.05) is 37.9 Å². The van der Waals surface area contributed by atoms with Crippen LogP contribution in [0.4, 0.5) is 4.39 Å². The smallest absolute Gasteiger partial charge is 0.127 e. The van der Waals surface area contributed by atoms with E-state index in [4.69, 9.17) is 16.3 Å². The van der Waals surface area contributed by atoms with Gasteiger partial charge in [0, 0.05) is 14.5 Å². The number of alkyl halides is 1. The molecule has 0 aliphatic rings. The van der Waals surface area contributed by atoms with Crippen LogP contribution in [0.25, 0.3) is 0 Å². The average Bonchev–Trinajstić information content (AvgIpc) is 2.41. The van der Waals surface area contributed by atoms with E-state index in [0.29, 0.717) is 4.47 Å². The molecule has 5 heteroatoms. The van der Waals surface area contributed by atoms with Crippen molar-refractivity contribution in [1.29, 1.82) is 0 Å². The Morgan fingerprint density at radius 3 is 2.38 bits per heavy atom. The highest BCUT2D eigenvalue weighted by molar-refractivity contribution is 9.10. The van der Waals surface area contributed by atoms with Crippen LogP contribution in [0.3, 0.4) is 0 Å². The summed E-state index contributed by atoms with van der Waals surface area (Å²) in [5.74, 6) is 0.454. The first kappa shape index (κ1) is 16.8. The highest BCUT2D eigenvalue weighted by Gasteiger charge is 2.23. The predicted molar refractivity (Wildman–Crippen MR) is 92.0 cm³/mol. The molecule has 0 fully saturated rings. The molecule has 112 valence electrons. The quantitative estimate of drug-likeness (QED) is 0.513. The summed E-state index contributed by atoms with van der Waals surface area (Å²) in [7, 11) is 1.63. The number of hydrogen-bond donors (Lipinski definition) is 0. The maximum atomic E-state index is 13.3. The lowest BCUT2D eigenvalue weighted by Crippen LogP contribution is -2.04. The maximum absolute atomic E-state index is 13.3. The number of hydrogen-bond acceptors (Lipinski definition) is 1. The highest BCUT2D eigenvalue weighted by atomic mass is 79.9. The summed E-state index contributed by atoms with van der Waals surface area (Å²) in [4.78, 5) is 0. The molecule has 0 saturated heterocycles. The lowest BCUT2D eigenvalue weighted by atomic mass is 9.96. The summed E-state index contributed by atoms with van der Waals surface area (Å²) in [5.41, 5.74) is 3.69. The molecule has 0 amide bonds. The van der Waals surface area contributed by atoms with E-state index < -0.39 is 5.38 Å². The van der Waals surface area contributed by atoms with Crippen LogP contribution in [0.1, 0.15) is 27.6 Å². The fourth-order valence-corrected chi connectivity index (χ4v) is 4.04. The van der Waals surface area contributed by atoms with Crippen molar-refractivity contribution in [3.8, 4) is 5.75 Å². The fraction of sp³-hybridized carbons (Fsp3) is 0.250. The largest absolute Gasteiger partial charge is 0.496 e. The zero-order chi connectivity index (χ0) is 15.7. The molecule has 0 heterocycles. The number of methoxy groups -OCH3 is 1. The Hall–Kier alpha value is -0.580. The van der Waals surface area contributed by atoms with Gasteiger partial charge in [0.2, 0.25) is 0 Å². The Bertz CT molecular complexity index is 688. The van der Waals surface area contributed by atoms with Crippen LogP contribution in [0.15, 0.2) is 33.2 Å². The van der Waals surface area contributed by atoms with Gasteiger partial charge in [-0.3, -0.25) is 0 Å². The molecule has 1 nitrogen and oxygen atoms in total. The van der Waals surface area contributed by atoms with E-state index in [1.54, 1.807) is 13.2 Å². The van der Waals surface area contributed by atoms with Crippen molar-refractivity contribution < 1.29 is 9.13 Å². The second-order valence-corrected chi connectivity index (χ2v) is 6.92. The molecule has 1 atom stereocenters. The first-order valence-electron chi connectivity index (χ1n) is 6.29. The number of ether oxygens (including phenoxy) is 1. The molecular weight excluding hydrogens is 422 g/mol. The minimum Gasteiger partial charge on any atom is -0.496 e. The molecule has 0 spiro atoms. The summed E-state index contributed by atoms with van der Waals surface area (Å²) >= 11 is 13.6. The van der Waals surface area contributed by atoms with Gasteiger partial charge in [-0.25, -0.2) is 4.39 Å². The molecule has 21 heavy (non-hydrogen) atoms. The van der Waals surface area contributed by atoms with Crippen molar-refractivity contribution >= 4 is 43.5 Å². The van der Waals surface area contributed by atoms with Gasteiger partial charge in [-0.2, -0.15) is 0 Å². The first-order valence-corrected chi connectivity index (χ1v) is 8.31. The van der Waals surface area contributed by atoms with Crippen molar-refractivity contribution in [2.75, 3.05) is 7.11 Å². The lowest BCUT2D eigenvalue weighted by Gasteiger charge is -2.21. The Balaban J connectivity index is 2.65. The van der Waals surface area contributed by atoms with Crippen molar-refractivity contribution in [3.05, 3.63) is 61.3 Å². The van der Waals surface area contributed by atoms with E-state index in [2.05, 4.69) is 31.9 Å². The Kier molecular flexibility index (Phi) is 5.33. The molecule has 0 aliphatic carbocycles. The van der Waals surface area contributed by atoms with E-state index in [-0.39, 0.29) is 5.82 Å². The van der Waals surface area contributed by atoms with E-state index in [1.807, 2.05) is 19.9 Å². The van der Waals surface area contributed by atoms with Gasteiger partial charge in [0.05, 0.1) is 12.5 Å². The molecule has 0 saturated carbocycles. The average molecular weight is 437 g/mol. The monoisotopic (exact) mass is 434 g/mol. The minimum absolute atomic E-state index is 0.302. The van der Waals surface area contributed by atoms with Gasteiger partial charge in [-0.05, 0) is 48.7 Å². The molecule has 0 aliphatic heterocycles. The second-order valence-electron chi connectivity index (χ2n) is 4.78. The van der Waals surface area contributed by atoms with Gasteiger partial charge < -0.3 is 4.74 Å². The normalized spacial score (nSPS) is 12.3. The molecule has 2 aromatic rings. The second kappa shape index (κ2) is 6.67. The topological polar surface area (TPSA) is 9.23 Å². The zero-order valence-electron chi connectivity index (χ0n) is 11.8. The third kappa shape index (κ3) is 3.27. The molecular formula is C16H14Br2ClFO. The van der Waals surface area contributed by atoms with Crippen molar-refractivity contribution in [2.45, 2.75) is 19.2 Å². The lowest BCUT2D eigenvalue weighted by molar-refractivity contribution is 0.406. The van der Waals surface area contributed by atoms with E-state index in [1.165, 1.54) is 12.1 Å². The third-order valence-electron chi connectivity index (χ3n) is 3.40. The molecule has 0 radical (unpaired) electrons. The van der Waals surface area contributed by atoms with Crippen LogP contribution < -0.4 is 4.74 Å². The third-order valence-corrected chi connectivity index (χ3v) is 5.37. The summed E-state index contributed by atoms with van der Waals surface area (Å²) < 4.78 is 20.4. The van der Waals surface area contributed by atoms with Crippen LogP contribution in [-0.2, 0) is 0 Å². The van der Waals surface area contributed by atoms with Gasteiger partial charge in [0.25, 0.3) is 0 Å². The molecule has 2 rings (SSSR count). The first-order chi connectivity index (χ1) is 9.86. The zero-order valence-corrected chi connectivity index (χ0v) is 15.7. The summed E-state index contributed by atoms with van der Waals surface area (Å²) in [5, 5.41) is -0.439. The number of halogens is 4. The van der Waals surface area contributed by atoms with Crippen molar-refractivity contribution in [2.24, 2.45) is 0 Å². The Labute approximate surface area is 145 Å². The van der Waals surface area contributed by atoms with Gasteiger partial charge >= 0.3 is 0 Å². The standard InChI is InChI=1S/C16H14Br2ClFO/c1-8-6-12(17)9(2)14(16(8)21-3)15(19)11-5-4-10(20)7-13(11)18/h4-7,15H,1-3H3. The van der Waals surface area contributed by atoms with E-state index in [0.717, 1.165) is 32.5 Å². The van der Waals surface area contributed by atoms with Crippen LogP contribution >= 0.6 is 43.5 Å². The SMILES string of the molecule is COc1c(C)cc(Br)c(C)c1C(Cl)c1ccc(F)cc1Br. The van der Waals surface area contributed by atoms with Crippen LogP contribution in [0.5, 0.6) is 5.75 Å². The number of aryl methyl sites for hydroxylation is 1. The molecule has 0 bridgehead atoms. The molecule has 0 N–H and O–H groups in total. The van der Waals surface area contributed by atoms with Crippen molar-refractivity contribution in [1.82, 2.24) is 0 Å². The van der Waals surface area contributed by atoms with Gasteiger partial charge in [-0.15, -0.1) is 11.6 Å². The van der Waals surface area contributed by atoms with E-state index >= 15 is 0 Å². The fourth-order valence-electron chi connectivity index (χ4n) is 2.31. The van der Waals surface area contributed by atoms with E-state index in [9.17, 15) is 4.39 Å². The van der Waals surface area contributed by atoms with Crippen molar-refractivity contribution in [3.63, 3.8) is 0 Å². The summed E-state index contributed by atoms with van der Waals surface area (Å²) in [6.07, 6.45) is 0. The highest BCUT2D eigenvalue weighted by Crippen LogP contribution is 2.43. The Morgan fingerprint density at radius 2 is 1.81 bits per heavy atom. The van der Waals surface area contributed by atoms with Crippen LogP contribution in [0, 0.1) is 19.7 Å². The number of rotatable bonds is 3. The predicted octanol–water partition coefficient (Wildman–Crippen LogP) is 6.30. The van der Waals surface area contributed by atoms with Crippen LogP contribution in [0.2, 0.25) is 0 Å². The minimum atomic E-state index is -0.439. The number of benzene rings is 2. The maximum Gasteiger partial charge on any atom is 0.127 e. The molecule has 0 aromatic heterocycles. The molecule has 2 aromatic carbocycles. The summed E-state index contributed by atoms with van der Waals surface area (Å²) in [6.45, 7) is 3.95. The molecule has 1 unspecified atom stereocenters. The van der Waals surface area contributed by atoms with Gasteiger partial charge in [0.1, 0.15) is 11.6 Å².